The van der Waals surface area contributed by atoms with Crippen molar-refractivity contribution in [1.29, 1.82) is 0 Å². The van der Waals surface area contributed by atoms with Crippen LogP contribution < -0.4 is 11.1 Å². The summed E-state index contributed by atoms with van der Waals surface area (Å²) in [5.41, 5.74) is 7.49. The Morgan fingerprint density at radius 2 is 2.20 bits per heavy atom. The molecule has 1 aromatic carbocycles. The van der Waals surface area contributed by atoms with Gasteiger partial charge in [-0.05, 0) is 31.0 Å². The summed E-state index contributed by atoms with van der Waals surface area (Å²) in [6, 6.07) is 3.06. The third-order valence-electron chi connectivity index (χ3n) is 2.17. The minimum absolute atomic E-state index is 0.269. The average molecular weight is 212 g/mol. The SMILES string of the molecule is COCCCNc1cc(C)c(F)cc1N. The second kappa shape index (κ2) is 5.56. The molecule has 3 nitrogen and oxygen atoms in total. The summed E-state index contributed by atoms with van der Waals surface area (Å²) in [5.74, 6) is -0.269. The largest absolute Gasteiger partial charge is 0.397 e. The predicted molar refractivity (Wildman–Crippen MR) is 60.5 cm³/mol. The van der Waals surface area contributed by atoms with Gasteiger partial charge in [-0.15, -0.1) is 0 Å². The second-order valence-electron chi connectivity index (χ2n) is 3.46. The van der Waals surface area contributed by atoms with Crippen LogP contribution in [-0.4, -0.2) is 20.3 Å². The number of hydrogen-bond donors (Lipinski definition) is 2. The van der Waals surface area contributed by atoms with Gasteiger partial charge >= 0.3 is 0 Å². The Labute approximate surface area is 89.4 Å². The number of methoxy groups -OCH3 is 1. The first-order chi connectivity index (χ1) is 7.15. The van der Waals surface area contributed by atoms with E-state index in [0.717, 1.165) is 18.7 Å². The van der Waals surface area contributed by atoms with Gasteiger partial charge in [0, 0.05) is 20.3 Å². The molecule has 0 bridgehead atoms. The van der Waals surface area contributed by atoms with Crippen LogP contribution in [0, 0.1) is 12.7 Å². The molecule has 4 heteroatoms. The zero-order valence-corrected chi connectivity index (χ0v) is 9.14. The number of hydrogen-bond acceptors (Lipinski definition) is 3. The Balaban J connectivity index is 2.57. The number of aryl methyl sites for hydroxylation is 1. The Hall–Kier alpha value is -1.29. The number of nitrogens with two attached hydrogens (primary N) is 1. The first kappa shape index (κ1) is 11.8. The van der Waals surface area contributed by atoms with Gasteiger partial charge in [0.1, 0.15) is 5.82 Å². The molecule has 0 aromatic heterocycles. The van der Waals surface area contributed by atoms with E-state index in [-0.39, 0.29) is 5.82 Å². The van der Waals surface area contributed by atoms with Crippen molar-refractivity contribution in [3.63, 3.8) is 0 Å². The number of anilines is 2. The van der Waals surface area contributed by atoms with Crippen molar-refractivity contribution < 1.29 is 9.13 Å². The van der Waals surface area contributed by atoms with E-state index in [4.69, 9.17) is 10.5 Å². The minimum Gasteiger partial charge on any atom is -0.397 e. The summed E-state index contributed by atoms with van der Waals surface area (Å²) >= 11 is 0. The molecule has 0 saturated carbocycles. The summed E-state index contributed by atoms with van der Waals surface area (Å²) in [4.78, 5) is 0. The third-order valence-corrected chi connectivity index (χ3v) is 2.17. The third kappa shape index (κ3) is 3.40. The van der Waals surface area contributed by atoms with E-state index in [1.807, 2.05) is 0 Å². The second-order valence-corrected chi connectivity index (χ2v) is 3.46. The van der Waals surface area contributed by atoms with Crippen LogP contribution in [0.2, 0.25) is 0 Å². The summed E-state index contributed by atoms with van der Waals surface area (Å²) < 4.78 is 18.0. The maximum absolute atomic E-state index is 13.1. The molecule has 0 saturated heterocycles. The highest BCUT2D eigenvalue weighted by Crippen LogP contribution is 2.22. The molecular weight excluding hydrogens is 195 g/mol. The zero-order valence-electron chi connectivity index (χ0n) is 9.14. The van der Waals surface area contributed by atoms with E-state index in [1.165, 1.54) is 6.07 Å². The summed E-state index contributed by atoms with van der Waals surface area (Å²) in [7, 11) is 1.66. The van der Waals surface area contributed by atoms with Gasteiger partial charge in [-0.2, -0.15) is 0 Å². The van der Waals surface area contributed by atoms with Gasteiger partial charge in [0.15, 0.2) is 0 Å². The van der Waals surface area contributed by atoms with Crippen LogP contribution in [0.4, 0.5) is 15.8 Å². The van der Waals surface area contributed by atoms with Gasteiger partial charge in [-0.25, -0.2) is 4.39 Å². The van der Waals surface area contributed by atoms with Crippen LogP contribution in [0.3, 0.4) is 0 Å². The Bertz CT molecular complexity index is 329. The molecule has 0 atom stereocenters. The molecule has 1 aromatic rings. The molecule has 0 radical (unpaired) electrons. The monoisotopic (exact) mass is 212 g/mol. The predicted octanol–water partition coefficient (Wildman–Crippen LogP) is 2.16. The quantitative estimate of drug-likeness (QED) is 0.581. The van der Waals surface area contributed by atoms with Crippen LogP contribution in [-0.2, 0) is 4.74 Å². The molecule has 0 aliphatic heterocycles. The van der Waals surface area contributed by atoms with E-state index in [0.29, 0.717) is 17.9 Å². The highest BCUT2D eigenvalue weighted by molar-refractivity contribution is 5.67. The van der Waals surface area contributed by atoms with E-state index in [2.05, 4.69) is 5.32 Å². The normalized spacial score (nSPS) is 10.3. The molecule has 0 unspecified atom stereocenters. The number of nitrogens with one attached hydrogen (secondary N) is 1. The van der Waals surface area contributed by atoms with Crippen LogP contribution >= 0.6 is 0 Å². The molecule has 84 valence electrons. The number of nitrogen functional groups attached to an aromatic ring is 1. The molecule has 0 aliphatic rings. The number of halogens is 1. The van der Waals surface area contributed by atoms with Crippen LogP contribution in [0.15, 0.2) is 12.1 Å². The lowest BCUT2D eigenvalue weighted by molar-refractivity contribution is 0.198. The number of ether oxygens (including phenoxy) is 1. The molecule has 1 rings (SSSR count). The molecule has 3 N–H and O–H groups in total. The van der Waals surface area contributed by atoms with Crippen molar-refractivity contribution in [2.24, 2.45) is 0 Å². The number of rotatable bonds is 5. The lowest BCUT2D eigenvalue weighted by Gasteiger charge is -2.10. The maximum Gasteiger partial charge on any atom is 0.128 e. The van der Waals surface area contributed by atoms with Gasteiger partial charge in [0.2, 0.25) is 0 Å². The molecule has 15 heavy (non-hydrogen) atoms. The van der Waals surface area contributed by atoms with E-state index in [9.17, 15) is 4.39 Å². The molecule has 0 heterocycles. The standard InChI is InChI=1S/C11H17FN2O/c1-8-6-11(10(13)7-9(8)12)14-4-3-5-15-2/h6-7,14H,3-5,13H2,1-2H3. The summed E-state index contributed by atoms with van der Waals surface area (Å²) in [6.07, 6.45) is 0.895. The van der Waals surface area contributed by atoms with Crippen molar-refractivity contribution in [1.82, 2.24) is 0 Å². The maximum atomic E-state index is 13.1. The summed E-state index contributed by atoms with van der Waals surface area (Å²) in [6.45, 7) is 3.19. The van der Waals surface area contributed by atoms with Gasteiger partial charge in [-0.1, -0.05) is 0 Å². The smallest absolute Gasteiger partial charge is 0.128 e. The molecule has 0 aliphatic carbocycles. The lowest BCUT2D eigenvalue weighted by atomic mass is 10.2. The fourth-order valence-corrected chi connectivity index (χ4v) is 1.29. The highest BCUT2D eigenvalue weighted by Gasteiger charge is 2.03. The van der Waals surface area contributed by atoms with E-state index in [1.54, 1.807) is 20.1 Å². The molecule has 0 spiro atoms. The fraction of sp³-hybridized carbons (Fsp3) is 0.455. The Morgan fingerprint density at radius 3 is 2.87 bits per heavy atom. The van der Waals surface area contributed by atoms with Crippen molar-refractivity contribution in [2.75, 3.05) is 31.3 Å². The first-order valence-electron chi connectivity index (χ1n) is 4.93. The van der Waals surface area contributed by atoms with Gasteiger partial charge in [0.05, 0.1) is 11.4 Å². The van der Waals surface area contributed by atoms with Gasteiger partial charge in [0.25, 0.3) is 0 Å². The minimum atomic E-state index is -0.269. The van der Waals surface area contributed by atoms with Gasteiger partial charge in [-0.3, -0.25) is 0 Å². The molecular formula is C11H17FN2O. The van der Waals surface area contributed by atoms with Crippen molar-refractivity contribution in [3.8, 4) is 0 Å². The average Bonchev–Trinajstić information content (AvgIpc) is 2.20. The lowest BCUT2D eigenvalue weighted by Crippen LogP contribution is -2.07. The highest BCUT2D eigenvalue weighted by atomic mass is 19.1. The molecule has 0 amide bonds. The Kier molecular flexibility index (Phi) is 4.37. The van der Waals surface area contributed by atoms with Crippen molar-refractivity contribution >= 4 is 11.4 Å². The zero-order chi connectivity index (χ0) is 11.3. The van der Waals surface area contributed by atoms with Crippen LogP contribution in [0.25, 0.3) is 0 Å². The van der Waals surface area contributed by atoms with Gasteiger partial charge < -0.3 is 15.8 Å². The topological polar surface area (TPSA) is 47.3 Å². The van der Waals surface area contributed by atoms with Crippen molar-refractivity contribution in [3.05, 3.63) is 23.5 Å². The molecule has 0 fully saturated rings. The Morgan fingerprint density at radius 1 is 1.47 bits per heavy atom. The number of benzene rings is 1. The van der Waals surface area contributed by atoms with Crippen LogP contribution in [0.5, 0.6) is 0 Å². The first-order valence-corrected chi connectivity index (χ1v) is 4.93. The van der Waals surface area contributed by atoms with E-state index < -0.39 is 0 Å². The summed E-state index contributed by atoms with van der Waals surface area (Å²) in [5, 5.41) is 3.14. The van der Waals surface area contributed by atoms with Crippen molar-refractivity contribution in [2.45, 2.75) is 13.3 Å². The van der Waals surface area contributed by atoms with Crippen LogP contribution in [0.1, 0.15) is 12.0 Å². The fourth-order valence-electron chi connectivity index (χ4n) is 1.29. The van der Waals surface area contributed by atoms with E-state index >= 15 is 0 Å².